The number of benzene rings is 1. The molecule has 0 N–H and O–H groups in total. The van der Waals surface area contributed by atoms with E-state index in [0.717, 1.165) is 6.07 Å². The molecule has 0 radical (unpaired) electrons. The van der Waals surface area contributed by atoms with E-state index in [1.54, 1.807) is 50.3 Å². The van der Waals surface area contributed by atoms with Gasteiger partial charge in [-0.2, -0.15) is 13.2 Å². The maximum atomic E-state index is 13.3. The molecule has 1 saturated heterocycles. The molecule has 0 bridgehead atoms. The van der Waals surface area contributed by atoms with Gasteiger partial charge in [0.05, 0.1) is 11.1 Å². The first-order valence-electron chi connectivity index (χ1n) is 8.45. The molecule has 0 unspecified atom stereocenters. The standard InChI is InChI=1S/C18H22F3IN2O3/c1-11-10-23(16(26)27-17(2,3)4)7-8-24(11)15(25)13-6-5-12(22)9-14(13)18(19,20)21/h5-6,9,11H,7-8,10H2,1-4H3/t11-/m1/s1. The van der Waals surface area contributed by atoms with Crippen molar-refractivity contribution < 1.29 is 27.5 Å². The SMILES string of the molecule is C[C@@H]1CN(C(=O)OC(C)(C)C)CCN1C(=O)c1ccc(I)cc1C(F)(F)F. The molecule has 1 heterocycles. The molecule has 0 spiro atoms. The third-order valence-electron chi connectivity index (χ3n) is 4.06. The monoisotopic (exact) mass is 498 g/mol. The van der Waals surface area contributed by atoms with Crippen LogP contribution in [-0.2, 0) is 10.9 Å². The Morgan fingerprint density at radius 2 is 1.81 bits per heavy atom. The summed E-state index contributed by atoms with van der Waals surface area (Å²) in [5.41, 5.74) is -1.96. The van der Waals surface area contributed by atoms with E-state index < -0.39 is 35.4 Å². The highest BCUT2D eigenvalue weighted by Crippen LogP contribution is 2.34. The number of rotatable bonds is 1. The van der Waals surface area contributed by atoms with Crippen LogP contribution in [0.1, 0.15) is 43.6 Å². The van der Waals surface area contributed by atoms with E-state index in [1.165, 1.54) is 21.9 Å². The fraction of sp³-hybridized carbons (Fsp3) is 0.556. The van der Waals surface area contributed by atoms with Crippen molar-refractivity contribution >= 4 is 34.6 Å². The van der Waals surface area contributed by atoms with Gasteiger partial charge in [0.25, 0.3) is 5.91 Å². The lowest BCUT2D eigenvalue weighted by molar-refractivity contribution is -0.138. The van der Waals surface area contributed by atoms with Gasteiger partial charge in [0.2, 0.25) is 0 Å². The third kappa shape index (κ3) is 5.49. The summed E-state index contributed by atoms with van der Waals surface area (Å²) in [6.45, 7) is 7.51. The van der Waals surface area contributed by atoms with Crippen LogP contribution in [-0.4, -0.2) is 53.1 Å². The molecule has 0 saturated carbocycles. The van der Waals surface area contributed by atoms with Gasteiger partial charge in [0, 0.05) is 29.2 Å². The van der Waals surface area contributed by atoms with Crippen LogP contribution in [0.5, 0.6) is 0 Å². The fourth-order valence-electron chi connectivity index (χ4n) is 2.84. The fourth-order valence-corrected chi connectivity index (χ4v) is 3.34. The highest BCUT2D eigenvalue weighted by molar-refractivity contribution is 14.1. The van der Waals surface area contributed by atoms with Crippen molar-refractivity contribution in [1.82, 2.24) is 9.80 Å². The van der Waals surface area contributed by atoms with Crippen LogP contribution in [0.3, 0.4) is 0 Å². The summed E-state index contributed by atoms with van der Waals surface area (Å²) in [5, 5.41) is 0. The van der Waals surface area contributed by atoms with E-state index in [4.69, 9.17) is 4.74 Å². The average Bonchev–Trinajstić information content (AvgIpc) is 2.51. The van der Waals surface area contributed by atoms with Crippen LogP contribution < -0.4 is 0 Å². The maximum absolute atomic E-state index is 13.3. The van der Waals surface area contributed by atoms with Crippen LogP contribution >= 0.6 is 22.6 Å². The van der Waals surface area contributed by atoms with Crippen molar-refractivity contribution in [2.75, 3.05) is 19.6 Å². The lowest BCUT2D eigenvalue weighted by Crippen LogP contribution is -2.56. The molecule has 0 aliphatic carbocycles. The second-order valence-electron chi connectivity index (χ2n) is 7.46. The average molecular weight is 498 g/mol. The van der Waals surface area contributed by atoms with Crippen molar-refractivity contribution in [3.8, 4) is 0 Å². The summed E-state index contributed by atoms with van der Waals surface area (Å²) in [6.07, 6.45) is -5.11. The van der Waals surface area contributed by atoms with Crippen molar-refractivity contribution in [3.63, 3.8) is 0 Å². The number of nitrogens with zero attached hydrogens (tertiary/aromatic N) is 2. The molecule has 2 rings (SSSR count). The Bertz CT molecular complexity index is 732. The van der Waals surface area contributed by atoms with Gasteiger partial charge in [-0.05, 0) is 68.5 Å². The molecule has 0 aromatic heterocycles. The molecule has 150 valence electrons. The summed E-state index contributed by atoms with van der Waals surface area (Å²) < 4.78 is 45.7. The van der Waals surface area contributed by atoms with Crippen LogP contribution in [0.4, 0.5) is 18.0 Å². The zero-order valence-electron chi connectivity index (χ0n) is 15.6. The van der Waals surface area contributed by atoms with E-state index in [1.807, 2.05) is 0 Å². The molecular formula is C18H22F3IN2O3. The highest BCUT2D eigenvalue weighted by atomic mass is 127. The van der Waals surface area contributed by atoms with Gasteiger partial charge in [0.1, 0.15) is 5.60 Å². The quantitative estimate of drug-likeness (QED) is 0.540. The first kappa shape index (κ1) is 21.8. The van der Waals surface area contributed by atoms with E-state index in [0.29, 0.717) is 3.57 Å². The van der Waals surface area contributed by atoms with Crippen LogP contribution in [0, 0.1) is 3.57 Å². The van der Waals surface area contributed by atoms with Gasteiger partial charge in [0.15, 0.2) is 0 Å². The summed E-state index contributed by atoms with van der Waals surface area (Å²) in [5.74, 6) is -0.685. The zero-order valence-corrected chi connectivity index (χ0v) is 17.7. The van der Waals surface area contributed by atoms with E-state index in [-0.39, 0.29) is 25.2 Å². The highest BCUT2D eigenvalue weighted by Gasteiger charge is 2.38. The van der Waals surface area contributed by atoms with Crippen molar-refractivity contribution in [3.05, 3.63) is 32.9 Å². The van der Waals surface area contributed by atoms with Crippen molar-refractivity contribution in [1.29, 1.82) is 0 Å². The number of hydrogen-bond acceptors (Lipinski definition) is 3. The number of piperazine rings is 1. The molecule has 1 atom stereocenters. The number of ether oxygens (including phenoxy) is 1. The van der Waals surface area contributed by atoms with E-state index in [9.17, 15) is 22.8 Å². The van der Waals surface area contributed by atoms with Gasteiger partial charge in [-0.1, -0.05) is 0 Å². The van der Waals surface area contributed by atoms with Crippen LogP contribution in [0.15, 0.2) is 18.2 Å². The Labute approximate surface area is 170 Å². The lowest BCUT2D eigenvalue weighted by atomic mass is 10.0. The molecule has 2 amide bonds. The van der Waals surface area contributed by atoms with Gasteiger partial charge in [-0.3, -0.25) is 4.79 Å². The summed E-state index contributed by atoms with van der Waals surface area (Å²) >= 11 is 1.78. The molecular weight excluding hydrogens is 476 g/mol. The second kappa shape index (κ2) is 7.84. The minimum atomic E-state index is -4.62. The van der Waals surface area contributed by atoms with E-state index >= 15 is 0 Å². The molecule has 5 nitrogen and oxygen atoms in total. The minimum absolute atomic E-state index is 0.141. The molecule has 27 heavy (non-hydrogen) atoms. The first-order chi connectivity index (χ1) is 12.3. The third-order valence-corrected chi connectivity index (χ3v) is 4.73. The topological polar surface area (TPSA) is 49.9 Å². The zero-order chi connectivity index (χ0) is 20.6. The first-order valence-corrected chi connectivity index (χ1v) is 9.53. The van der Waals surface area contributed by atoms with Gasteiger partial charge >= 0.3 is 12.3 Å². The number of halogens is 4. The Hall–Kier alpha value is -1.52. The molecule has 1 aliphatic rings. The molecule has 9 heteroatoms. The Morgan fingerprint density at radius 1 is 1.19 bits per heavy atom. The van der Waals surface area contributed by atoms with Gasteiger partial charge in [-0.15, -0.1) is 0 Å². The number of alkyl halides is 3. The van der Waals surface area contributed by atoms with Gasteiger partial charge < -0.3 is 14.5 Å². The molecule has 1 fully saturated rings. The predicted molar refractivity (Wildman–Crippen MR) is 102 cm³/mol. The van der Waals surface area contributed by atoms with Crippen molar-refractivity contribution in [2.45, 2.75) is 45.5 Å². The molecule has 1 aliphatic heterocycles. The summed E-state index contributed by atoms with van der Waals surface area (Å²) in [6, 6.07) is 3.22. The Balaban J connectivity index is 2.17. The van der Waals surface area contributed by atoms with Crippen LogP contribution in [0.2, 0.25) is 0 Å². The number of amides is 2. The van der Waals surface area contributed by atoms with Crippen molar-refractivity contribution in [2.24, 2.45) is 0 Å². The number of hydrogen-bond donors (Lipinski definition) is 0. The summed E-state index contributed by atoms with van der Waals surface area (Å²) in [7, 11) is 0. The Kier molecular flexibility index (Phi) is 6.33. The van der Waals surface area contributed by atoms with Gasteiger partial charge in [-0.25, -0.2) is 4.79 Å². The second-order valence-corrected chi connectivity index (χ2v) is 8.71. The molecule has 1 aromatic rings. The van der Waals surface area contributed by atoms with Crippen LogP contribution in [0.25, 0.3) is 0 Å². The maximum Gasteiger partial charge on any atom is 0.417 e. The molecule has 1 aromatic carbocycles. The smallest absolute Gasteiger partial charge is 0.417 e. The summed E-state index contributed by atoms with van der Waals surface area (Å²) in [4.78, 5) is 27.8. The number of carbonyl (C=O) groups excluding carboxylic acids is 2. The van der Waals surface area contributed by atoms with E-state index in [2.05, 4.69) is 0 Å². The normalized spacial score (nSPS) is 18.4. The lowest BCUT2D eigenvalue weighted by Gasteiger charge is -2.40. The minimum Gasteiger partial charge on any atom is -0.444 e. The Morgan fingerprint density at radius 3 is 2.33 bits per heavy atom. The predicted octanol–water partition coefficient (Wildman–Crippen LogP) is 4.39. The largest absolute Gasteiger partial charge is 0.444 e. The number of carbonyl (C=O) groups is 2.